The lowest BCUT2D eigenvalue weighted by molar-refractivity contribution is 0.305. The van der Waals surface area contributed by atoms with E-state index in [-0.39, 0.29) is 17.2 Å². The van der Waals surface area contributed by atoms with Crippen LogP contribution in [-0.2, 0) is 9.84 Å². The molecule has 1 fully saturated rings. The van der Waals surface area contributed by atoms with Crippen LogP contribution in [0.25, 0.3) is 0 Å². The minimum atomic E-state index is -3.02. The lowest BCUT2D eigenvalue weighted by Gasteiger charge is -2.31. The fourth-order valence-corrected chi connectivity index (χ4v) is 3.91. The van der Waals surface area contributed by atoms with Crippen LogP contribution in [0.5, 0.6) is 0 Å². The van der Waals surface area contributed by atoms with Crippen molar-refractivity contribution in [1.29, 1.82) is 0 Å². The van der Waals surface area contributed by atoms with Gasteiger partial charge in [-0.15, -0.1) is 0 Å². The van der Waals surface area contributed by atoms with Gasteiger partial charge in [-0.2, -0.15) is 0 Å². The minimum absolute atomic E-state index is 0.0893. The summed E-state index contributed by atoms with van der Waals surface area (Å²) >= 11 is 0. The molecular formula is C13H19FN2O2S. The first-order valence-corrected chi connectivity index (χ1v) is 8.39. The van der Waals surface area contributed by atoms with Crippen molar-refractivity contribution in [3.63, 3.8) is 0 Å². The summed E-state index contributed by atoms with van der Waals surface area (Å²) < 4.78 is 36.1. The Balaban J connectivity index is 2.11. The molecule has 0 radical (unpaired) electrons. The van der Waals surface area contributed by atoms with Gasteiger partial charge < -0.3 is 5.73 Å². The zero-order valence-corrected chi connectivity index (χ0v) is 11.7. The third kappa shape index (κ3) is 3.51. The molecule has 1 aromatic heterocycles. The summed E-state index contributed by atoms with van der Waals surface area (Å²) in [5, 5.41) is -0.308. The molecule has 3 unspecified atom stereocenters. The molecule has 1 aromatic rings. The van der Waals surface area contributed by atoms with E-state index in [1.807, 2.05) is 0 Å². The van der Waals surface area contributed by atoms with Gasteiger partial charge in [-0.05, 0) is 37.3 Å². The predicted molar refractivity (Wildman–Crippen MR) is 71.7 cm³/mol. The van der Waals surface area contributed by atoms with Gasteiger partial charge in [0, 0.05) is 12.3 Å². The lowest BCUT2D eigenvalue weighted by atomic mass is 9.82. The SMILES string of the molecule is CS(=O)(=O)C1CCCC(C(N)c2ccc(F)cn2)C1. The van der Waals surface area contributed by atoms with Crippen LogP contribution in [-0.4, -0.2) is 24.9 Å². The van der Waals surface area contributed by atoms with Crippen LogP contribution in [0, 0.1) is 11.7 Å². The van der Waals surface area contributed by atoms with Gasteiger partial charge in [0.25, 0.3) is 0 Å². The minimum Gasteiger partial charge on any atom is -0.322 e. The summed E-state index contributed by atoms with van der Waals surface area (Å²) in [4.78, 5) is 3.99. The van der Waals surface area contributed by atoms with Crippen LogP contribution in [0.3, 0.4) is 0 Å². The van der Waals surface area contributed by atoms with Crippen molar-refractivity contribution < 1.29 is 12.8 Å². The Bertz CT molecular complexity index is 530. The average molecular weight is 286 g/mol. The van der Waals surface area contributed by atoms with Crippen LogP contribution in [0.1, 0.15) is 37.4 Å². The van der Waals surface area contributed by atoms with Crippen molar-refractivity contribution in [3.05, 3.63) is 29.8 Å². The van der Waals surface area contributed by atoms with Gasteiger partial charge in [0.05, 0.1) is 17.1 Å². The van der Waals surface area contributed by atoms with Crippen LogP contribution >= 0.6 is 0 Å². The van der Waals surface area contributed by atoms with Crippen molar-refractivity contribution in [2.75, 3.05) is 6.26 Å². The highest BCUT2D eigenvalue weighted by Gasteiger charge is 2.32. The Labute approximate surface area is 113 Å². The number of halogens is 1. The predicted octanol–water partition coefficient (Wildman–Crippen LogP) is 1.82. The number of hydrogen-bond acceptors (Lipinski definition) is 4. The average Bonchev–Trinajstić information content (AvgIpc) is 2.38. The molecule has 2 N–H and O–H groups in total. The Kier molecular flexibility index (Phi) is 4.20. The quantitative estimate of drug-likeness (QED) is 0.920. The van der Waals surface area contributed by atoms with E-state index in [0.717, 1.165) is 19.0 Å². The topological polar surface area (TPSA) is 73.0 Å². The molecule has 106 valence electrons. The molecule has 1 saturated carbocycles. The fourth-order valence-electron chi connectivity index (χ4n) is 2.72. The molecule has 0 spiro atoms. The first-order chi connectivity index (χ1) is 8.88. The van der Waals surface area contributed by atoms with Gasteiger partial charge in [0.2, 0.25) is 0 Å². The smallest absolute Gasteiger partial charge is 0.150 e. The highest BCUT2D eigenvalue weighted by molar-refractivity contribution is 7.91. The van der Waals surface area contributed by atoms with Crippen molar-refractivity contribution in [3.8, 4) is 0 Å². The molecule has 0 aromatic carbocycles. The number of sulfone groups is 1. The van der Waals surface area contributed by atoms with Crippen LogP contribution in [0.2, 0.25) is 0 Å². The van der Waals surface area contributed by atoms with E-state index in [1.54, 1.807) is 6.07 Å². The van der Waals surface area contributed by atoms with E-state index >= 15 is 0 Å². The summed E-state index contributed by atoms with van der Waals surface area (Å²) in [6, 6.07) is 2.58. The van der Waals surface area contributed by atoms with E-state index in [4.69, 9.17) is 5.73 Å². The van der Waals surface area contributed by atoms with E-state index in [9.17, 15) is 12.8 Å². The highest BCUT2D eigenvalue weighted by Crippen LogP contribution is 2.34. The molecule has 4 nitrogen and oxygen atoms in total. The van der Waals surface area contributed by atoms with Crippen molar-refractivity contribution in [1.82, 2.24) is 4.98 Å². The maximum Gasteiger partial charge on any atom is 0.150 e. The molecule has 19 heavy (non-hydrogen) atoms. The Morgan fingerprint density at radius 3 is 2.74 bits per heavy atom. The second kappa shape index (κ2) is 5.54. The third-order valence-electron chi connectivity index (χ3n) is 3.87. The summed E-state index contributed by atoms with van der Waals surface area (Å²) in [6.07, 6.45) is 5.45. The molecule has 1 aliphatic rings. The molecule has 1 aliphatic carbocycles. The number of aromatic nitrogens is 1. The van der Waals surface area contributed by atoms with Crippen molar-refractivity contribution in [2.45, 2.75) is 37.0 Å². The van der Waals surface area contributed by atoms with Gasteiger partial charge in [0.15, 0.2) is 0 Å². The number of hydrogen-bond donors (Lipinski definition) is 1. The molecule has 2 rings (SSSR count). The largest absolute Gasteiger partial charge is 0.322 e. The van der Waals surface area contributed by atoms with E-state index in [1.165, 1.54) is 12.3 Å². The number of nitrogens with zero attached hydrogens (tertiary/aromatic N) is 1. The molecule has 1 heterocycles. The Morgan fingerprint density at radius 2 is 2.16 bits per heavy atom. The molecular weight excluding hydrogens is 267 g/mol. The van der Waals surface area contributed by atoms with Gasteiger partial charge >= 0.3 is 0 Å². The second-order valence-corrected chi connectivity index (χ2v) is 7.63. The van der Waals surface area contributed by atoms with Crippen LogP contribution < -0.4 is 5.73 Å². The molecule has 0 aliphatic heterocycles. The molecule has 0 saturated heterocycles. The molecule has 6 heteroatoms. The normalized spacial score (nSPS) is 26.1. The summed E-state index contributed by atoms with van der Waals surface area (Å²) in [5.41, 5.74) is 6.77. The lowest BCUT2D eigenvalue weighted by Crippen LogP contribution is -2.33. The van der Waals surface area contributed by atoms with Crippen LogP contribution in [0.4, 0.5) is 4.39 Å². The summed E-state index contributed by atoms with van der Waals surface area (Å²) in [5.74, 6) is -0.306. The maximum atomic E-state index is 12.8. The second-order valence-electron chi connectivity index (χ2n) is 5.31. The van der Waals surface area contributed by atoms with Crippen LogP contribution in [0.15, 0.2) is 18.3 Å². The van der Waals surface area contributed by atoms with E-state index in [2.05, 4.69) is 4.98 Å². The third-order valence-corrected chi connectivity index (χ3v) is 5.51. The zero-order valence-electron chi connectivity index (χ0n) is 10.9. The Morgan fingerprint density at radius 1 is 1.42 bits per heavy atom. The standard InChI is InChI=1S/C13H19FN2O2S/c1-19(17,18)11-4-2-3-9(7-11)13(15)12-6-5-10(14)8-16-12/h5-6,8-9,11,13H,2-4,7,15H2,1H3. The zero-order chi connectivity index (χ0) is 14.0. The number of rotatable bonds is 3. The van der Waals surface area contributed by atoms with Gasteiger partial charge in [-0.1, -0.05) is 6.42 Å². The Hall–Kier alpha value is -1.01. The fraction of sp³-hybridized carbons (Fsp3) is 0.615. The van der Waals surface area contributed by atoms with Gasteiger partial charge in [-0.3, -0.25) is 4.98 Å². The van der Waals surface area contributed by atoms with E-state index in [0.29, 0.717) is 18.5 Å². The maximum absolute atomic E-state index is 12.8. The molecule has 0 bridgehead atoms. The van der Waals surface area contributed by atoms with Crippen molar-refractivity contribution >= 4 is 9.84 Å². The molecule has 0 amide bonds. The van der Waals surface area contributed by atoms with E-state index < -0.39 is 15.7 Å². The summed E-state index contributed by atoms with van der Waals surface area (Å²) in [6.45, 7) is 0. The molecule has 3 atom stereocenters. The van der Waals surface area contributed by atoms with Gasteiger partial charge in [0.1, 0.15) is 15.7 Å². The highest BCUT2D eigenvalue weighted by atomic mass is 32.2. The first kappa shape index (κ1) is 14.4. The number of pyridine rings is 1. The monoisotopic (exact) mass is 286 g/mol. The summed E-state index contributed by atoms with van der Waals surface area (Å²) in [7, 11) is -3.02. The van der Waals surface area contributed by atoms with Crippen molar-refractivity contribution in [2.24, 2.45) is 11.7 Å². The number of nitrogens with two attached hydrogens (primary N) is 1. The van der Waals surface area contributed by atoms with Gasteiger partial charge in [-0.25, -0.2) is 12.8 Å². The first-order valence-electron chi connectivity index (χ1n) is 6.44.